The summed E-state index contributed by atoms with van der Waals surface area (Å²) in [5.41, 5.74) is 6.36. The summed E-state index contributed by atoms with van der Waals surface area (Å²) in [5.74, 6) is 0.881. The monoisotopic (exact) mass is 319 g/mol. The zero-order valence-corrected chi connectivity index (χ0v) is 14.2. The van der Waals surface area contributed by atoms with Crippen LogP contribution in [0.1, 0.15) is 18.3 Å². The van der Waals surface area contributed by atoms with Crippen molar-refractivity contribution in [3.8, 4) is 11.3 Å². The van der Waals surface area contributed by atoms with Crippen LogP contribution < -0.4 is 0 Å². The van der Waals surface area contributed by atoms with E-state index in [1.54, 1.807) is 0 Å². The number of pyridine rings is 1. The smallest absolute Gasteiger partial charge is 0.158 e. The Labute approximate surface area is 140 Å². The third-order valence-corrected chi connectivity index (χ3v) is 4.47. The number of fused-ring (bicyclic) bond motifs is 2. The lowest BCUT2D eigenvalue weighted by Gasteiger charge is -2.13. The van der Waals surface area contributed by atoms with Gasteiger partial charge in [-0.2, -0.15) is 0 Å². The van der Waals surface area contributed by atoms with Gasteiger partial charge in [-0.05, 0) is 44.3 Å². The van der Waals surface area contributed by atoms with Gasteiger partial charge in [0.2, 0.25) is 0 Å². The van der Waals surface area contributed by atoms with E-state index in [-0.39, 0.29) is 0 Å². The normalized spacial score (nSPS) is 11.8. The molecule has 0 saturated heterocycles. The van der Waals surface area contributed by atoms with Crippen molar-refractivity contribution >= 4 is 22.1 Å². The highest BCUT2D eigenvalue weighted by Crippen LogP contribution is 2.29. The summed E-state index contributed by atoms with van der Waals surface area (Å²) >= 11 is 0. The van der Waals surface area contributed by atoms with E-state index in [0.29, 0.717) is 0 Å². The second-order valence-electron chi connectivity index (χ2n) is 6.31. The van der Waals surface area contributed by atoms with Crippen molar-refractivity contribution in [3.63, 3.8) is 0 Å². The predicted octanol–water partition coefficient (Wildman–Crippen LogP) is 3.87. The van der Waals surface area contributed by atoms with E-state index in [4.69, 9.17) is 0 Å². The van der Waals surface area contributed by atoms with Gasteiger partial charge in [0, 0.05) is 34.9 Å². The van der Waals surface area contributed by atoms with Crippen molar-refractivity contribution in [3.05, 3.63) is 47.9 Å². The third kappa shape index (κ3) is 2.57. The van der Waals surface area contributed by atoms with Crippen LogP contribution in [0.15, 0.2) is 36.5 Å². The van der Waals surface area contributed by atoms with Gasteiger partial charge in [-0.3, -0.25) is 0 Å². The minimum atomic E-state index is 0.828. The molecule has 0 spiro atoms. The molecule has 3 heterocycles. The van der Waals surface area contributed by atoms with E-state index in [1.165, 1.54) is 10.9 Å². The van der Waals surface area contributed by atoms with Gasteiger partial charge in [-0.15, -0.1) is 0 Å². The molecule has 0 unspecified atom stereocenters. The number of rotatable bonds is 4. The van der Waals surface area contributed by atoms with Crippen LogP contribution in [-0.4, -0.2) is 38.4 Å². The highest BCUT2D eigenvalue weighted by atomic mass is 15.1. The molecule has 5 heteroatoms. The largest absolute Gasteiger partial charge is 0.354 e. The Hall–Kier alpha value is -2.66. The van der Waals surface area contributed by atoms with E-state index >= 15 is 0 Å². The van der Waals surface area contributed by atoms with Crippen molar-refractivity contribution in [1.29, 1.82) is 0 Å². The molecular formula is C19H21N5. The van der Waals surface area contributed by atoms with Crippen LogP contribution in [0, 0.1) is 6.92 Å². The Morgan fingerprint density at radius 1 is 1.12 bits per heavy atom. The lowest BCUT2D eigenvalue weighted by atomic mass is 10.1. The summed E-state index contributed by atoms with van der Waals surface area (Å²) < 4.78 is 0. The number of imidazole rings is 1. The molecule has 0 aliphatic carbocycles. The quantitative estimate of drug-likeness (QED) is 0.600. The van der Waals surface area contributed by atoms with Gasteiger partial charge in [0.1, 0.15) is 11.3 Å². The maximum atomic E-state index is 4.58. The number of nitrogens with zero attached hydrogens (tertiary/aromatic N) is 3. The van der Waals surface area contributed by atoms with Crippen molar-refractivity contribution in [2.45, 2.75) is 20.4 Å². The molecule has 0 radical (unpaired) electrons. The highest BCUT2D eigenvalue weighted by molar-refractivity contribution is 5.94. The number of nitrogens with one attached hydrogen (secondary N) is 2. The first-order valence-corrected chi connectivity index (χ1v) is 8.26. The molecule has 4 rings (SSSR count). The third-order valence-electron chi connectivity index (χ3n) is 4.47. The molecular weight excluding hydrogens is 298 g/mol. The van der Waals surface area contributed by atoms with Crippen LogP contribution >= 0.6 is 0 Å². The van der Waals surface area contributed by atoms with Crippen molar-refractivity contribution in [2.75, 3.05) is 13.6 Å². The van der Waals surface area contributed by atoms with E-state index in [0.717, 1.165) is 46.9 Å². The number of H-pyrrole nitrogens is 2. The van der Waals surface area contributed by atoms with E-state index in [9.17, 15) is 0 Å². The molecule has 1 aromatic carbocycles. The van der Waals surface area contributed by atoms with Gasteiger partial charge < -0.3 is 14.9 Å². The highest BCUT2D eigenvalue weighted by Gasteiger charge is 2.11. The number of hydrogen-bond donors (Lipinski definition) is 2. The number of aromatic amines is 2. The van der Waals surface area contributed by atoms with E-state index in [1.807, 2.05) is 19.2 Å². The molecule has 4 aromatic rings. The van der Waals surface area contributed by atoms with Gasteiger partial charge in [-0.25, -0.2) is 9.97 Å². The Morgan fingerprint density at radius 2 is 2.00 bits per heavy atom. The van der Waals surface area contributed by atoms with Crippen molar-refractivity contribution in [1.82, 2.24) is 24.8 Å². The SMILES string of the molecule is CCN(C)Cc1ccc2cc(-c3ccnc4[nH]c(C)nc34)[nH]c2c1. The van der Waals surface area contributed by atoms with Crippen molar-refractivity contribution in [2.24, 2.45) is 0 Å². The minimum absolute atomic E-state index is 0.828. The first-order valence-electron chi connectivity index (χ1n) is 8.26. The first kappa shape index (κ1) is 14.9. The van der Waals surface area contributed by atoms with Gasteiger partial charge in [-0.1, -0.05) is 19.1 Å². The maximum Gasteiger partial charge on any atom is 0.158 e. The second-order valence-corrected chi connectivity index (χ2v) is 6.31. The summed E-state index contributed by atoms with van der Waals surface area (Å²) in [6.45, 7) is 6.12. The van der Waals surface area contributed by atoms with Crippen LogP contribution in [0.2, 0.25) is 0 Å². The summed E-state index contributed by atoms with van der Waals surface area (Å²) in [7, 11) is 2.14. The molecule has 2 N–H and O–H groups in total. The number of aryl methyl sites for hydroxylation is 1. The average Bonchev–Trinajstić information content (AvgIpc) is 3.15. The number of hydrogen-bond acceptors (Lipinski definition) is 3. The predicted molar refractivity (Wildman–Crippen MR) is 97.9 cm³/mol. The zero-order valence-electron chi connectivity index (χ0n) is 14.2. The first-order chi connectivity index (χ1) is 11.6. The maximum absolute atomic E-state index is 4.58. The fourth-order valence-electron chi connectivity index (χ4n) is 3.08. The van der Waals surface area contributed by atoms with Crippen LogP contribution in [-0.2, 0) is 6.54 Å². The van der Waals surface area contributed by atoms with Crippen LogP contribution in [0.4, 0.5) is 0 Å². The molecule has 24 heavy (non-hydrogen) atoms. The molecule has 0 bridgehead atoms. The molecule has 0 atom stereocenters. The molecule has 0 amide bonds. The summed E-state index contributed by atoms with van der Waals surface area (Å²) in [5, 5.41) is 1.21. The topological polar surface area (TPSA) is 60.6 Å². The van der Waals surface area contributed by atoms with Crippen LogP contribution in [0.3, 0.4) is 0 Å². The fourth-order valence-corrected chi connectivity index (χ4v) is 3.08. The summed E-state index contributed by atoms with van der Waals surface area (Å²) in [6.07, 6.45) is 1.82. The lowest BCUT2D eigenvalue weighted by molar-refractivity contribution is 0.346. The molecule has 0 aliphatic heterocycles. The van der Waals surface area contributed by atoms with Gasteiger partial charge in [0.25, 0.3) is 0 Å². The number of benzene rings is 1. The van der Waals surface area contributed by atoms with Crippen LogP contribution in [0.5, 0.6) is 0 Å². The molecule has 0 aliphatic rings. The summed E-state index contributed by atoms with van der Waals surface area (Å²) in [4.78, 5) is 18.0. The summed E-state index contributed by atoms with van der Waals surface area (Å²) in [6, 6.07) is 10.8. The Balaban J connectivity index is 1.79. The Morgan fingerprint density at radius 3 is 2.83 bits per heavy atom. The van der Waals surface area contributed by atoms with E-state index in [2.05, 4.69) is 63.1 Å². The molecule has 5 nitrogen and oxygen atoms in total. The molecule has 122 valence electrons. The molecule has 3 aromatic heterocycles. The zero-order chi connectivity index (χ0) is 16.7. The van der Waals surface area contributed by atoms with Crippen molar-refractivity contribution < 1.29 is 0 Å². The second kappa shape index (κ2) is 5.76. The Bertz CT molecular complexity index is 1010. The lowest BCUT2D eigenvalue weighted by Crippen LogP contribution is -2.16. The fraction of sp³-hybridized carbons (Fsp3) is 0.263. The molecule has 0 fully saturated rings. The van der Waals surface area contributed by atoms with E-state index < -0.39 is 0 Å². The standard InChI is InChI=1S/C19H21N5/c1-4-24(3)11-13-5-6-14-10-17(23-16(14)9-13)15-7-8-20-19-18(15)21-12(2)22-19/h5-10,23H,4,11H2,1-3H3,(H,20,21,22). The van der Waals surface area contributed by atoms with Crippen LogP contribution in [0.25, 0.3) is 33.3 Å². The molecule has 0 saturated carbocycles. The van der Waals surface area contributed by atoms with Gasteiger partial charge in [0.15, 0.2) is 5.65 Å². The number of aromatic nitrogens is 4. The van der Waals surface area contributed by atoms with Gasteiger partial charge >= 0.3 is 0 Å². The van der Waals surface area contributed by atoms with Gasteiger partial charge in [0.05, 0.1) is 0 Å². The average molecular weight is 319 g/mol. The Kier molecular flexibility index (Phi) is 3.58. The minimum Gasteiger partial charge on any atom is -0.354 e.